The average Bonchev–Trinajstić information content (AvgIpc) is 3.24. The van der Waals surface area contributed by atoms with E-state index in [0.717, 1.165) is 29.0 Å². The fourth-order valence-corrected chi connectivity index (χ4v) is 5.07. The Morgan fingerprint density at radius 2 is 1.82 bits per heavy atom. The van der Waals surface area contributed by atoms with Crippen molar-refractivity contribution < 1.29 is 18.7 Å². The first-order valence-corrected chi connectivity index (χ1v) is 13.0. The van der Waals surface area contributed by atoms with Crippen LogP contribution in [0.25, 0.3) is 11.0 Å². The van der Waals surface area contributed by atoms with E-state index in [0.29, 0.717) is 30.3 Å². The van der Waals surface area contributed by atoms with Gasteiger partial charge in [-0.1, -0.05) is 44.0 Å². The van der Waals surface area contributed by atoms with Gasteiger partial charge >= 0.3 is 5.91 Å². The van der Waals surface area contributed by atoms with Gasteiger partial charge in [-0.05, 0) is 89.2 Å². The number of hydrazone groups is 1. The third-order valence-electron chi connectivity index (χ3n) is 4.71. The van der Waals surface area contributed by atoms with Gasteiger partial charge in [0.2, 0.25) is 0 Å². The number of nitrogens with one attached hydrogen (secondary N) is 1. The number of nitrogens with zero attached hydrogens (tertiary/aromatic N) is 1. The lowest BCUT2D eigenvalue weighted by Crippen LogP contribution is -2.16. The monoisotopic (exact) mass is 696 g/mol. The lowest BCUT2D eigenvalue weighted by molar-refractivity contribution is 0.0929. The van der Waals surface area contributed by atoms with Gasteiger partial charge in [-0.3, -0.25) is 4.79 Å². The molecule has 4 rings (SSSR count). The van der Waals surface area contributed by atoms with Crippen LogP contribution >= 0.6 is 54.5 Å². The van der Waals surface area contributed by atoms with Crippen molar-refractivity contribution in [3.8, 4) is 11.5 Å². The van der Waals surface area contributed by atoms with Crippen LogP contribution in [0.1, 0.15) is 28.6 Å². The Balaban J connectivity index is 1.43. The third kappa shape index (κ3) is 6.19. The van der Waals surface area contributed by atoms with E-state index in [1.807, 2.05) is 61.5 Å². The fraction of sp³-hybridized carbons (Fsp3) is 0.120. The van der Waals surface area contributed by atoms with Crippen molar-refractivity contribution in [3.05, 3.63) is 90.1 Å². The topological polar surface area (TPSA) is 73.1 Å². The van der Waals surface area contributed by atoms with Gasteiger partial charge in [-0.25, -0.2) is 5.43 Å². The fourth-order valence-electron chi connectivity index (χ4n) is 3.14. The second-order valence-corrected chi connectivity index (χ2v) is 10.2. The van der Waals surface area contributed by atoms with Crippen molar-refractivity contribution in [3.63, 3.8) is 0 Å². The van der Waals surface area contributed by atoms with Crippen LogP contribution in [0.15, 0.2) is 79.1 Å². The second-order valence-electron chi connectivity index (χ2n) is 7.17. The quantitative estimate of drug-likeness (QED) is 0.119. The summed E-state index contributed by atoms with van der Waals surface area (Å²) in [6.45, 7) is 2.82. The molecule has 0 fully saturated rings. The molecule has 1 aromatic heterocycles. The Morgan fingerprint density at radius 3 is 2.59 bits per heavy atom. The van der Waals surface area contributed by atoms with Gasteiger partial charge in [0.25, 0.3) is 0 Å². The molecular formula is C25H19Br2IN2O4. The van der Waals surface area contributed by atoms with Crippen LogP contribution in [0.5, 0.6) is 11.5 Å². The van der Waals surface area contributed by atoms with E-state index in [2.05, 4.69) is 65.0 Å². The molecule has 1 N–H and O–H groups in total. The molecule has 34 heavy (non-hydrogen) atoms. The average molecular weight is 698 g/mol. The van der Waals surface area contributed by atoms with E-state index in [9.17, 15) is 4.79 Å². The molecule has 6 nitrogen and oxygen atoms in total. The molecule has 0 bridgehead atoms. The minimum Gasteiger partial charge on any atom is -0.490 e. The summed E-state index contributed by atoms with van der Waals surface area (Å²) in [5.74, 6) is 0.995. The van der Waals surface area contributed by atoms with Crippen molar-refractivity contribution in [2.75, 3.05) is 6.61 Å². The SMILES string of the molecule is CCOc1cc(/C=N\NC(=O)c2cc3cc(Br)cc(I)c3o2)ccc1OCc1ccc(Br)cc1. The van der Waals surface area contributed by atoms with Gasteiger partial charge in [-0.2, -0.15) is 5.10 Å². The molecule has 3 aromatic carbocycles. The second kappa shape index (κ2) is 11.4. The lowest BCUT2D eigenvalue weighted by atomic mass is 10.2. The molecule has 1 amide bonds. The molecule has 0 aliphatic carbocycles. The summed E-state index contributed by atoms with van der Waals surface area (Å²) in [7, 11) is 0. The number of ether oxygens (including phenoxy) is 2. The number of rotatable bonds is 8. The molecule has 4 aromatic rings. The number of amides is 1. The van der Waals surface area contributed by atoms with Crippen LogP contribution in [-0.4, -0.2) is 18.7 Å². The third-order valence-corrected chi connectivity index (χ3v) is 6.50. The molecule has 0 saturated carbocycles. The van der Waals surface area contributed by atoms with E-state index in [1.165, 1.54) is 0 Å². The van der Waals surface area contributed by atoms with Crippen LogP contribution in [0.3, 0.4) is 0 Å². The highest BCUT2D eigenvalue weighted by atomic mass is 127. The number of benzene rings is 3. The van der Waals surface area contributed by atoms with Crippen molar-refractivity contribution in [1.82, 2.24) is 5.43 Å². The van der Waals surface area contributed by atoms with Gasteiger partial charge in [0, 0.05) is 14.3 Å². The number of hydrogen-bond donors (Lipinski definition) is 1. The molecule has 0 spiro atoms. The van der Waals surface area contributed by atoms with Gasteiger partial charge < -0.3 is 13.9 Å². The molecular weight excluding hydrogens is 679 g/mol. The number of halogens is 3. The van der Waals surface area contributed by atoms with Crippen molar-refractivity contribution in [1.29, 1.82) is 0 Å². The Kier molecular flexibility index (Phi) is 8.28. The Morgan fingerprint density at radius 1 is 1.03 bits per heavy atom. The summed E-state index contributed by atoms with van der Waals surface area (Å²) in [6.07, 6.45) is 1.54. The number of carbonyl (C=O) groups is 1. The highest BCUT2D eigenvalue weighted by Crippen LogP contribution is 2.30. The molecule has 0 atom stereocenters. The predicted molar refractivity (Wildman–Crippen MR) is 148 cm³/mol. The molecule has 0 unspecified atom stereocenters. The maximum absolute atomic E-state index is 12.5. The van der Waals surface area contributed by atoms with E-state index in [1.54, 1.807) is 12.3 Å². The summed E-state index contributed by atoms with van der Waals surface area (Å²) in [5.41, 5.74) is 4.97. The summed E-state index contributed by atoms with van der Waals surface area (Å²) >= 11 is 9.05. The summed E-state index contributed by atoms with van der Waals surface area (Å²) in [5, 5.41) is 4.91. The molecule has 0 saturated heterocycles. The van der Waals surface area contributed by atoms with Crippen LogP contribution in [0, 0.1) is 3.57 Å². The molecule has 1 heterocycles. The lowest BCUT2D eigenvalue weighted by Gasteiger charge is -2.12. The maximum Gasteiger partial charge on any atom is 0.307 e. The van der Waals surface area contributed by atoms with Crippen molar-refractivity contribution in [2.45, 2.75) is 13.5 Å². The maximum atomic E-state index is 12.5. The summed E-state index contributed by atoms with van der Waals surface area (Å²) in [4.78, 5) is 12.5. The number of fused-ring (bicyclic) bond motifs is 1. The zero-order valence-corrected chi connectivity index (χ0v) is 23.3. The molecule has 0 aliphatic rings. The predicted octanol–water partition coefficient (Wildman–Crippen LogP) is 7.30. The van der Waals surface area contributed by atoms with E-state index >= 15 is 0 Å². The standard InChI is InChI=1S/C25H19Br2IN2O4/c1-2-32-22-9-16(5-8-21(22)33-14-15-3-6-18(26)7-4-15)13-29-30-25(31)23-11-17-10-19(27)12-20(28)24(17)34-23/h3-13H,2,14H2,1H3,(H,30,31)/b29-13-. The zero-order valence-electron chi connectivity index (χ0n) is 18.0. The molecule has 0 aliphatic heterocycles. The zero-order chi connectivity index (χ0) is 24.1. The first-order valence-electron chi connectivity index (χ1n) is 10.3. The van der Waals surface area contributed by atoms with Gasteiger partial charge in [0.15, 0.2) is 17.3 Å². The van der Waals surface area contributed by atoms with Crippen molar-refractivity contribution >= 4 is 77.5 Å². The van der Waals surface area contributed by atoms with Crippen LogP contribution in [-0.2, 0) is 6.61 Å². The Bertz CT molecular complexity index is 1350. The smallest absolute Gasteiger partial charge is 0.307 e. The van der Waals surface area contributed by atoms with Gasteiger partial charge in [0.1, 0.15) is 12.2 Å². The number of hydrogen-bond acceptors (Lipinski definition) is 5. The minimum atomic E-state index is -0.432. The highest BCUT2D eigenvalue weighted by Gasteiger charge is 2.14. The van der Waals surface area contributed by atoms with E-state index in [-0.39, 0.29) is 5.76 Å². The first-order chi connectivity index (χ1) is 16.4. The number of carbonyl (C=O) groups excluding carboxylic acids is 1. The van der Waals surface area contributed by atoms with E-state index in [4.69, 9.17) is 13.9 Å². The van der Waals surface area contributed by atoms with Crippen molar-refractivity contribution in [2.24, 2.45) is 5.10 Å². The summed E-state index contributed by atoms with van der Waals surface area (Å²) in [6, 6.07) is 18.9. The largest absolute Gasteiger partial charge is 0.490 e. The molecule has 9 heteroatoms. The van der Waals surface area contributed by atoms with Crippen LogP contribution < -0.4 is 14.9 Å². The molecule has 174 valence electrons. The van der Waals surface area contributed by atoms with Crippen LogP contribution in [0.4, 0.5) is 0 Å². The normalized spacial score (nSPS) is 11.2. The Hall–Kier alpha value is -2.37. The van der Waals surface area contributed by atoms with Crippen LogP contribution in [0.2, 0.25) is 0 Å². The Labute approximate surface area is 227 Å². The van der Waals surface area contributed by atoms with Gasteiger partial charge in [0.05, 0.1) is 16.4 Å². The minimum absolute atomic E-state index is 0.190. The van der Waals surface area contributed by atoms with Gasteiger partial charge in [-0.15, -0.1) is 0 Å². The molecule has 0 radical (unpaired) electrons. The number of furan rings is 1. The first kappa shape index (κ1) is 24.7. The summed E-state index contributed by atoms with van der Waals surface area (Å²) < 4.78 is 20.2. The van der Waals surface area contributed by atoms with E-state index < -0.39 is 5.91 Å². The highest BCUT2D eigenvalue weighted by molar-refractivity contribution is 14.1.